The maximum absolute atomic E-state index is 6.58. The van der Waals surface area contributed by atoms with Crippen LogP contribution in [0.1, 0.15) is 24.9 Å². The van der Waals surface area contributed by atoms with Crippen molar-refractivity contribution in [1.29, 1.82) is 0 Å². The largest absolute Gasteiger partial charge is 0.455 e. The van der Waals surface area contributed by atoms with Gasteiger partial charge in [-0.05, 0) is 36.6 Å². The number of fused-ring (bicyclic) bond motifs is 5. The van der Waals surface area contributed by atoms with Crippen LogP contribution >= 0.6 is 11.6 Å². The zero-order chi connectivity index (χ0) is 15.3. The summed E-state index contributed by atoms with van der Waals surface area (Å²) in [5.41, 5.74) is 8.78. The van der Waals surface area contributed by atoms with Crippen molar-refractivity contribution in [3.05, 3.63) is 53.1 Å². The number of piperidine rings is 1. The molecule has 4 heteroatoms. The summed E-state index contributed by atoms with van der Waals surface area (Å²) in [5.74, 6) is 2.22. The summed E-state index contributed by atoms with van der Waals surface area (Å²) < 4.78 is 6.18. The number of ether oxygens (including phenoxy) is 1. The van der Waals surface area contributed by atoms with Gasteiger partial charge >= 0.3 is 0 Å². The van der Waals surface area contributed by atoms with E-state index in [1.807, 2.05) is 30.3 Å². The summed E-state index contributed by atoms with van der Waals surface area (Å²) in [5, 5.41) is 0.722. The molecule has 2 aliphatic heterocycles. The Morgan fingerprint density at radius 1 is 1.18 bits per heavy atom. The van der Waals surface area contributed by atoms with Crippen molar-refractivity contribution in [2.75, 3.05) is 11.4 Å². The third-order valence-electron chi connectivity index (χ3n) is 4.87. The molecule has 3 nitrogen and oxygen atoms in total. The van der Waals surface area contributed by atoms with Crippen LogP contribution in [-0.2, 0) is 0 Å². The highest BCUT2D eigenvalue weighted by molar-refractivity contribution is 6.31. The molecule has 3 atom stereocenters. The standard InChI is InChI=1S/C18H19ClN2O/c1-11-8-9-21-14-10-12(19)6-7-16(14)22-15-5-3-2-4-13(15)18(21)17(11)20/h2-7,10-11,17-18H,8-9,20H2,1H3/t11-,17-,18-/m0/s1. The Bertz CT molecular complexity index is 718. The molecule has 0 saturated carbocycles. The summed E-state index contributed by atoms with van der Waals surface area (Å²) >= 11 is 6.22. The van der Waals surface area contributed by atoms with Crippen molar-refractivity contribution in [2.45, 2.75) is 25.4 Å². The van der Waals surface area contributed by atoms with Crippen LogP contribution in [0.25, 0.3) is 0 Å². The number of hydrogen-bond donors (Lipinski definition) is 1. The van der Waals surface area contributed by atoms with Gasteiger partial charge in [0, 0.05) is 23.2 Å². The van der Waals surface area contributed by atoms with Gasteiger partial charge in [0.15, 0.2) is 5.75 Å². The van der Waals surface area contributed by atoms with Crippen LogP contribution < -0.4 is 15.4 Å². The Labute approximate surface area is 135 Å². The zero-order valence-electron chi connectivity index (χ0n) is 12.5. The quantitative estimate of drug-likeness (QED) is 0.785. The minimum atomic E-state index is 0.0726. The predicted molar refractivity (Wildman–Crippen MR) is 89.8 cm³/mol. The number of nitrogens with two attached hydrogens (primary N) is 1. The van der Waals surface area contributed by atoms with E-state index in [0.29, 0.717) is 5.92 Å². The highest BCUT2D eigenvalue weighted by atomic mass is 35.5. The first-order valence-corrected chi connectivity index (χ1v) is 8.11. The molecule has 22 heavy (non-hydrogen) atoms. The number of anilines is 1. The first-order chi connectivity index (χ1) is 10.6. The molecule has 2 N–H and O–H groups in total. The maximum Gasteiger partial charge on any atom is 0.150 e. The number of hydrogen-bond acceptors (Lipinski definition) is 3. The van der Waals surface area contributed by atoms with Crippen molar-refractivity contribution in [3.8, 4) is 11.5 Å². The van der Waals surface area contributed by atoms with Gasteiger partial charge in [0.1, 0.15) is 5.75 Å². The Hall–Kier alpha value is -1.71. The maximum atomic E-state index is 6.58. The van der Waals surface area contributed by atoms with E-state index in [0.717, 1.165) is 40.7 Å². The summed E-state index contributed by atoms with van der Waals surface area (Å²) in [7, 11) is 0. The molecule has 1 fully saturated rings. The molecule has 0 aromatic heterocycles. The fourth-order valence-electron chi connectivity index (χ4n) is 3.58. The lowest BCUT2D eigenvalue weighted by molar-refractivity contribution is 0.312. The van der Waals surface area contributed by atoms with Gasteiger partial charge in [-0.15, -0.1) is 0 Å². The minimum absolute atomic E-state index is 0.0726. The van der Waals surface area contributed by atoms with E-state index in [-0.39, 0.29) is 12.1 Å². The molecule has 2 aromatic rings. The highest BCUT2D eigenvalue weighted by Gasteiger charge is 2.39. The molecule has 0 unspecified atom stereocenters. The second-order valence-corrected chi connectivity index (χ2v) is 6.67. The molecule has 114 valence electrons. The zero-order valence-corrected chi connectivity index (χ0v) is 13.3. The topological polar surface area (TPSA) is 38.5 Å². The summed E-state index contributed by atoms with van der Waals surface area (Å²) in [6.07, 6.45) is 1.08. The molecule has 0 amide bonds. The van der Waals surface area contributed by atoms with Gasteiger partial charge in [-0.1, -0.05) is 36.7 Å². The molecule has 0 spiro atoms. The van der Waals surface area contributed by atoms with Gasteiger partial charge in [0.25, 0.3) is 0 Å². The van der Waals surface area contributed by atoms with Crippen LogP contribution in [-0.4, -0.2) is 12.6 Å². The first kappa shape index (κ1) is 13.9. The van der Waals surface area contributed by atoms with E-state index in [2.05, 4.69) is 24.0 Å². The predicted octanol–water partition coefficient (Wildman–Crippen LogP) is 4.36. The minimum Gasteiger partial charge on any atom is -0.455 e. The number of rotatable bonds is 0. The van der Waals surface area contributed by atoms with Crippen molar-refractivity contribution >= 4 is 17.3 Å². The van der Waals surface area contributed by atoms with Crippen LogP contribution in [0.3, 0.4) is 0 Å². The lowest BCUT2D eigenvalue weighted by atomic mass is 9.83. The van der Waals surface area contributed by atoms with E-state index in [9.17, 15) is 0 Å². The number of benzene rings is 2. The fourth-order valence-corrected chi connectivity index (χ4v) is 3.74. The van der Waals surface area contributed by atoms with Crippen molar-refractivity contribution in [1.82, 2.24) is 0 Å². The van der Waals surface area contributed by atoms with E-state index >= 15 is 0 Å². The number of halogens is 1. The fraction of sp³-hybridized carbons (Fsp3) is 0.333. The molecular weight excluding hydrogens is 296 g/mol. The average Bonchev–Trinajstić information content (AvgIpc) is 2.65. The van der Waals surface area contributed by atoms with Gasteiger partial charge in [-0.2, -0.15) is 0 Å². The lowest BCUT2D eigenvalue weighted by Gasteiger charge is -2.43. The molecule has 2 aliphatic rings. The Kier molecular flexibility index (Phi) is 3.28. The summed E-state index contributed by atoms with van der Waals surface area (Å²) in [4.78, 5) is 2.36. The van der Waals surface area contributed by atoms with Crippen LogP contribution in [0.2, 0.25) is 5.02 Å². The molecule has 4 rings (SSSR count). The molecule has 0 bridgehead atoms. The molecule has 2 heterocycles. The molecule has 0 aliphatic carbocycles. The third-order valence-corrected chi connectivity index (χ3v) is 5.11. The third kappa shape index (κ3) is 2.08. The van der Waals surface area contributed by atoms with Crippen molar-refractivity contribution in [2.24, 2.45) is 11.7 Å². The normalized spacial score (nSPS) is 26.3. The Balaban J connectivity index is 1.94. The molecule has 1 saturated heterocycles. The number of para-hydroxylation sites is 1. The van der Waals surface area contributed by atoms with Gasteiger partial charge in [-0.25, -0.2) is 0 Å². The SMILES string of the molecule is C[C@H]1CCN2c3cc(Cl)ccc3Oc3ccccc3[C@H]2[C@H]1N. The monoisotopic (exact) mass is 314 g/mol. The van der Waals surface area contributed by atoms with Crippen molar-refractivity contribution < 1.29 is 4.74 Å². The van der Waals surface area contributed by atoms with Crippen LogP contribution in [0.15, 0.2) is 42.5 Å². The lowest BCUT2D eigenvalue weighted by Crippen LogP contribution is -2.50. The second kappa shape index (κ2) is 5.18. The molecule has 0 radical (unpaired) electrons. The van der Waals surface area contributed by atoms with Gasteiger partial charge in [-0.3, -0.25) is 0 Å². The van der Waals surface area contributed by atoms with Gasteiger partial charge in [0.2, 0.25) is 0 Å². The summed E-state index contributed by atoms with van der Waals surface area (Å²) in [6, 6.07) is 14.2. The van der Waals surface area contributed by atoms with Gasteiger partial charge in [0.05, 0.1) is 11.7 Å². The Morgan fingerprint density at radius 3 is 2.86 bits per heavy atom. The highest BCUT2D eigenvalue weighted by Crippen LogP contribution is 2.48. The summed E-state index contributed by atoms with van der Waals surface area (Å²) in [6.45, 7) is 3.19. The van der Waals surface area contributed by atoms with Crippen LogP contribution in [0.4, 0.5) is 5.69 Å². The van der Waals surface area contributed by atoms with E-state index in [1.165, 1.54) is 0 Å². The van der Waals surface area contributed by atoms with E-state index in [1.54, 1.807) is 0 Å². The first-order valence-electron chi connectivity index (χ1n) is 7.73. The van der Waals surface area contributed by atoms with Crippen molar-refractivity contribution in [3.63, 3.8) is 0 Å². The second-order valence-electron chi connectivity index (χ2n) is 6.23. The van der Waals surface area contributed by atoms with E-state index in [4.69, 9.17) is 22.1 Å². The van der Waals surface area contributed by atoms with Crippen LogP contribution in [0.5, 0.6) is 11.5 Å². The molecule has 2 aromatic carbocycles. The molecular formula is C18H19ClN2O. The average molecular weight is 315 g/mol. The number of nitrogens with zero attached hydrogens (tertiary/aromatic N) is 1. The van der Waals surface area contributed by atoms with Crippen LogP contribution in [0, 0.1) is 5.92 Å². The van der Waals surface area contributed by atoms with E-state index < -0.39 is 0 Å². The smallest absolute Gasteiger partial charge is 0.150 e. The van der Waals surface area contributed by atoms with Gasteiger partial charge < -0.3 is 15.4 Å². The Morgan fingerprint density at radius 2 is 2.00 bits per heavy atom.